The highest BCUT2D eigenvalue weighted by Crippen LogP contribution is 2.30. The fourth-order valence-corrected chi connectivity index (χ4v) is 3.55. The average molecular weight is 392 g/mol. The van der Waals surface area contributed by atoms with Crippen LogP contribution in [0.3, 0.4) is 0 Å². The van der Waals surface area contributed by atoms with Crippen LogP contribution in [0.25, 0.3) is 0 Å². The monoisotopic (exact) mass is 392 g/mol. The van der Waals surface area contributed by atoms with Gasteiger partial charge in [0, 0.05) is 6.42 Å². The molecule has 2 aromatic carbocycles. The smallest absolute Gasteiger partial charge is 0.262 e. The van der Waals surface area contributed by atoms with Gasteiger partial charge in [-0.1, -0.05) is 26.0 Å². The zero-order chi connectivity index (χ0) is 20.0. The quantitative estimate of drug-likeness (QED) is 0.717. The molecule has 8 heteroatoms. The van der Waals surface area contributed by atoms with Gasteiger partial charge in [0.1, 0.15) is 11.5 Å². The lowest BCUT2D eigenvalue weighted by Crippen LogP contribution is -2.17. The number of anilines is 2. The first-order valence-electron chi connectivity index (χ1n) is 8.40. The highest BCUT2D eigenvalue weighted by atomic mass is 32.2. The highest BCUT2D eigenvalue weighted by Gasteiger charge is 2.19. The standard InChI is InChI=1S/C19H24N2O5S/c1-13(2)11-19(22)20-16-12-14(9-10-18(16)26-4)27(23,24)21-15-7-5-6-8-17(15)25-3/h5-10,12-13,21H,11H2,1-4H3,(H,20,22). The van der Waals surface area contributed by atoms with E-state index in [2.05, 4.69) is 10.0 Å². The Hall–Kier alpha value is -2.74. The minimum absolute atomic E-state index is 0.00551. The van der Waals surface area contributed by atoms with Crippen molar-refractivity contribution in [3.05, 3.63) is 42.5 Å². The van der Waals surface area contributed by atoms with Crippen molar-refractivity contribution in [3.63, 3.8) is 0 Å². The van der Waals surface area contributed by atoms with Crippen molar-refractivity contribution in [1.29, 1.82) is 0 Å². The maximum Gasteiger partial charge on any atom is 0.262 e. The van der Waals surface area contributed by atoms with Gasteiger partial charge in [0.25, 0.3) is 10.0 Å². The van der Waals surface area contributed by atoms with Crippen LogP contribution in [-0.2, 0) is 14.8 Å². The molecule has 0 unspecified atom stereocenters. The number of carbonyl (C=O) groups is 1. The molecular weight excluding hydrogens is 368 g/mol. The Morgan fingerprint density at radius 2 is 1.63 bits per heavy atom. The number of hydrogen-bond donors (Lipinski definition) is 2. The molecule has 7 nitrogen and oxygen atoms in total. The van der Waals surface area contributed by atoms with Gasteiger partial charge in [0.15, 0.2) is 0 Å². The summed E-state index contributed by atoms with van der Waals surface area (Å²) in [6, 6.07) is 11.0. The normalized spacial score (nSPS) is 11.1. The number of methoxy groups -OCH3 is 2. The Morgan fingerprint density at radius 1 is 1.00 bits per heavy atom. The van der Waals surface area contributed by atoms with Crippen LogP contribution in [0.15, 0.2) is 47.4 Å². The number of amides is 1. The zero-order valence-corrected chi connectivity index (χ0v) is 16.6. The third-order valence-corrected chi connectivity index (χ3v) is 5.06. The van der Waals surface area contributed by atoms with E-state index < -0.39 is 10.0 Å². The molecule has 0 fully saturated rings. The summed E-state index contributed by atoms with van der Waals surface area (Å²) in [7, 11) is -0.975. The lowest BCUT2D eigenvalue weighted by Gasteiger charge is -2.15. The van der Waals surface area contributed by atoms with Crippen LogP contribution < -0.4 is 19.5 Å². The number of benzene rings is 2. The number of nitrogens with one attached hydrogen (secondary N) is 2. The molecule has 0 atom stereocenters. The molecule has 0 bridgehead atoms. The second kappa shape index (κ2) is 8.77. The van der Waals surface area contributed by atoms with Gasteiger partial charge in [-0.15, -0.1) is 0 Å². The van der Waals surface area contributed by atoms with Gasteiger partial charge >= 0.3 is 0 Å². The molecule has 0 aliphatic heterocycles. The second-order valence-electron chi connectivity index (χ2n) is 6.31. The molecule has 1 amide bonds. The summed E-state index contributed by atoms with van der Waals surface area (Å²) in [6.45, 7) is 3.85. The maximum atomic E-state index is 12.8. The number of hydrogen-bond acceptors (Lipinski definition) is 5. The molecule has 2 aromatic rings. The molecule has 0 aromatic heterocycles. The Bertz CT molecular complexity index is 910. The van der Waals surface area contributed by atoms with Gasteiger partial charge in [-0.2, -0.15) is 0 Å². The molecule has 0 heterocycles. The van der Waals surface area contributed by atoms with Crippen LogP contribution in [0.5, 0.6) is 11.5 Å². The Labute approximate surface area is 159 Å². The SMILES string of the molecule is COc1ccc(S(=O)(=O)Nc2ccccc2OC)cc1NC(=O)CC(C)C. The molecule has 0 saturated carbocycles. The van der Waals surface area contributed by atoms with Gasteiger partial charge < -0.3 is 14.8 Å². The van der Waals surface area contributed by atoms with Gasteiger partial charge in [-0.3, -0.25) is 9.52 Å². The van der Waals surface area contributed by atoms with E-state index in [0.29, 0.717) is 29.3 Å². The summed E-state index contributed by atoms with van der Waals surface area (Å²) >= 11 is 0. The molecule has 146 valence electrons. The number of rotatable bonds is 8. The number of para-hydroxylation sites is 2. The van der Waals surface area contributed by atoms with Crippen molar-refractivity contribution in [3.8, 4) is 11.5 Å². The van der Waals surface area contributed by atoms with E-state index in [1.54, 1.807) is 24.3 Å². The van der Waals surface area contributed by atoms with Crippen molar-refractivity contribution in [2.24, 2.45) is 5.92 Å². The summed E-state index contributed by atoms with van der Waals surface area (Å²) < 4.78 is 38.4. The fraction of sp³-hybridized carbons (Fsp3) is 0.316. The van der Waals surface area contributed by atoms with Crippen molar-refractivity contribution < 1.29 is 22.7 Å². The van der Waals surface area contributed by atoms with Gasteiger partial charge in [0.2, 0.25) is 5.91 Å². The van der Waals surface area contributed by atoms with Crippen molar-refractivity contribution in [2.75, 3.05) is 24.3 Å². The van der Waals surface area contributed by atoms with E-state index in [9.17, 15) is 13.2 Å². The van der Waals surface area contributed by atoms with Crippen LogP contribution in [0, 0.1) is 5.92 Å². The molecular formula is C19H24N2O5S. The van der Waals surface area contributed by atoms with E-state index in [-0.39, 0.29) is 16.7 Å². The van der Waals surface area contributed by atoms with E-state index in [1.807, 2.05) is 13.8 Å². The first-order valence-corrected chi connectivity index (χ1v) is 9.89. The van der Waals surface area contributed by atoms with Crippen LogP contribution >= 0.6 is 0 Å². The molecule has 2 N–H and O–H groups in total. The minimum atomic E-state index is -3.89. The van der Waals surface area contributed by atoms with Crippen molar-refractivity contribution >= 4 is 27.3 Å². The first-order chi connectivity index (χ1) is 12.8. The predicted molar refractivity (Wildman–Crippen MR) is 105 cm³/mol. The lowest BCUT2D eigenvalue weighted by molar-refractivity contribution is -0.116. The average Bonchev–Trinajstić information content (AvgIpc) is 2.61. The summed E-state index contributed by atoms with van der Waals surface area (Å²) in [5.41, 5.74) is 0.618. The maximum absolute atomic E-state index is 12.8. The second-order valence-corrected chi connectivity index (χ2v) is 8.00. The van der Waals surface area contributed by atoms with E-state index in [0.717, 1.165) is 0 Å². The van der Waals surface area contributed by atoms with Crippen LogP contribution in [0.1, 0.15) is 20.3 Å². The van der Waals surface area contributed by atoms with Crippen LogP contribution in [0.2, 0.25) is 0 Å². The summed E-state index contributed by atoms with van der Waals surface area (Å²) in [6.07, 6.45) is 0.319. The molecule has 0 aliphatic rings. The Balaban J connectivity index is 2.34. The third kappa shape index (κ3) is 5.37. The van der Waals surface area contributed by atoms with Crippen LogP contribution in [0.4, 0.5) is 11.4 Å². The topological polar surface area (TPSA) is 93.7 Å². The summed E-state index contributed by atoms with van der Waals surface area (Å²) in [5.74, 6) is 0.744. The van der Waals surface area contributed by atoms with Gasteiger partial charge in [-0.05, 0) is 36.2 Å². The molecule has 0 aliphatic carbocycles. The number of ether oxygens (including phenoxy) is 2. The van der Waals surface area contributed by atoms with Crippen molar-refractivity contribution in [2.45, 2.75) is 25.2 Å². The predicted octanol–water partition coefficient (Wildman–Crippen LogP) is 3.49. The zero-order valence-electron chi connectivity index (χ0n) is 15.8. The van der Waals surface area contributed by atoms with Gasteiger partial charge in [-0.25, -0.2) is 8.42 Å². The summed E-state index contributed by atoms with van der Waals surface area (Å²) in [5, 5.41) is 2.71. The van der Waals surface area contributed by atoms with Crippen molar-refractivity contribution in [1.82, 2.24) is 0 Å². The van der Waals surface area contributed by atoms with E-state index in [4.69, 9.17) is 9.47 Å². The highest BCUT2D eigenvalue weighted by molar-refractivity contribution is 7.92. The number of sulfonamides is 1. The lowest BCUT2D eigenvalue weighted by atomic mass is 10.1. The first kappa shape index (κ1) is 20.6. The molecule has 0 spiro atoms. The third-order valence-electron chi connectivity index (χ3n) is 3.70. The van der Waals surface area contributed by atoms with E-state index >= 15 is 0 Å². The molecule has 27 heavy (non-hydrogen) atoms. The number of carbonyl (C=O) groups excluding carboxylic acids is 1. The van der Waals surface area contributed by atoms with Crippen LogP contribution in [-0.4, -0.2) is 28.5 Å². The summed E-state index contributed by atoms with van der Waals surface area (Å²) in [4.78, 5) is 12.1. The Morgan fingerprint density at radius 3 is 2.26 bits per heavy atom. The molecule has 0 saturated heterocycles. The fourth-order valence-electron chi connectivity index (χ4n) is 2.46. The Kier molecular flexibility index (Phi) is 6.68. The molecule has 0 radical (unpaired) electrons. The van der Waals surface area contributed by atoms with E-state index in [1.165, 1.54) is 32.4 Å². The van der Waals surface area contributed by atoms with Gasteiger partial charge in [0.05, 0.1) is 30.5 Å². The largest absolute Gasteiger partial charge is 0.495 e. The molecule has 2 rings (SSSR count). The minimum Gasteiger partial charge on any atom is -0.495 e.